The van der Waals surface area contributed by atoms with E-state index in [-0.39, 0.29) is 24.8 Å². The van der Waals surface area contributed by atoms with Gasteiger partial charge in [0.15, 0.2) is 0 Å². The number of benzene rings is 2. The molecule has 0 unspecified atom stereocenters. The van der Waals surface area contributed by atoms with Crippen molar-refractivity contribution in [3.05, 3.63) is 54.6 Å². The van der Waals surface area contributed by atoms with Crippen LogP contribution in [0.1, 0.15) is 12.8 Å². The summed E-state index contributed by atoms with van der Waals surface area (Å²) in [5.74, 6) is -0.599. The van der Waals surface area contributed by atoms with Crippen LogP contribution in [0, 0.1) is 0 Å². The maximum atomic E-state index is 11.4. The van der Waals surface area contributed by atoms with Crippen LogP contribution in [0.2, 0.25) is 0 Å². The maximum Gasteiger partial charge on any atom is 0.307 e. The lowest BCUT2D eigenvalue weighted by Gasteiger charge is -2.24. The number of hydrogen-bond donors (Lipinski definition) is 0. The first-order valence-corrected chi connectivity index (χ1v) is 8.58. The minimum absolute atomic E-state index is 0.229. The first-order valence-electron chi connectivity index (χ1n) is 8.58. The van der Waals surface area contributed by atoms with Crippen molar-refractivity contribution in [3.63, 3.8) is 0 Å². The van der Waals surface area contributed by atoms with Gasteiger partial charge in [0, 0.05) is 18.8 Å². The van der Waals surface area contributed by atoms with Crippen LogP contribution >= 0.6 is 0 Å². The second kappa shape index (κ2) is 10.7. The summed E-state index contributed by atoms with van der Waals surface area (Å²) in [6.45, 7) is 0.878. The summed E-state index contributed by atoms with van der Waals surface area (Å²) in [4.78, 5) is 24.8. The quantitative estimate of drug-likeness (QED) is 0.492. The van der Waals surface area contributed by atoms with Crippen molar-refractivity contribution in [1.82, 2.24) is 0 Å². The molecule has 0 N–H and O–H groups in total. The zero-order chi connectivity index (χ0) is 19.5. The zero-order valence-corrected chi connectivity index (χ0v) is 15.5. The van der Waals surface area contributed by atoms with E-state index in [4.69, 9.17) is 9.47 Å². The fraction of sp³-hybridized carbons (Fsp3) is 0.300. The van der Waals surface area contributed by atoms with Gasteiger partial charge in [-0.25, -0.2) is 0 Å². The van der Waals surface area contributed by atoms with Gasteiger partial charge in [-0.3, -0.25) is 9.59 Å². The van der Waals surface area contributed by atoms with E-state index < -0.39 is 0 Å². The molecule has 0 saturated heterocycles. The highest BCUT2D eigenvalue weighted by atomic mass is 16.5. The Labute approximate surface area is 158 Å². The Morgan fingerprint density at radius 2 is 1.26 bits per heavy atom. The Morgan fingerprint density at radius 1 is 0.778 bits per heavy atom. The standard InChI is InChI=1S/C20H23N3O4/c1-26-19(24)12-14-23(15-13-20(25)27-2)18-10-8-17(9-11-18)22-21-16-6-4-3-5-7-16/h3-11H,12-15H2,1-2H3. The van der Waals surface area contributed by atoms with Gasteiger partial charge in [0.1, 0.15) is 0 Å². The van der Waals surface area contributed by atoms with Crippen molar-refractivity contribution in [2.75, 3.05) is 32.2 Å². The molecule has 0 bridgehead atoms. The van der Waals surface area contributed by atoms with Gasteiger partial charge >= 0.3 is 11.9 Å². The second-order valence-corrected chi connectivity index (χ2v) is 5.69. The maximum absolute atomic E-state index is 11.4. The number of carbonyl (C=O) groups excluding carboxylic acids is 2. The lowest BCUT2D eigenvalue weighted by atomic mass is 10.2. The molecule has 0 aliphatic rings. The number of anilines is 1. The van der Waals surface area contributed by atoms with E-state index in [1.807, 2.05) is 59.5 Å². The summed E-state index contributed by atoms with van der Waals surface area (Å²) in [6, 6.07) is 16.9. The fourth-order valence-electron chi connectivity index (χ4n) is 2.37. The van der Waals surface area contributed by atoms with Crippen molar-refractivity contribution >= 4 is 29.0 Å². The van der Waals surface area contributed by atoms with Gasteiger partial charge in [-0.1, -0.05) is 18.2 Å². The zero-order valence-electron chi connectivity index (χ0n) is 15.5. The van der Waals surface area contributed by atoms with Crippen LogP contribution in [0.15, 0.2) is 64.8 Å². The molecule has 0 fully saturated rings. The largest absolute Gasteiger partial charge is 0.469 e. The van der Waals surface area contributed by atoms with Crippen LogP contribution in [0.3, 0.4) is 0 Å². The van der Waals surface area contributed by atoms with E-state index in [9.17, 15) is 9.59 Å². The number of esters is 2. The van der Waals surface area contributed by atoms with Crippen LogP contribution in [0.4, 0.5) is 17.1 Å². The van der Waals surface area contributed by atoms with Crippen molar-refractivity contribution in [3.8, 4) is 0 Å². The molecule has 0 saturated carbocycles. The van der Waals surface area contributed by atoms with Crippen molar-refractivity contribution < 1.29 is 19.1 Å². The lowest BCUT2D eigenvalue weighted by Crippen LogP contribution is -2.29. The number of carbonyl (C=O) groups is 2. The molecule has 0 heterocycles. The third kappa shape index (κ3) is 6.89. The molecule has 142 valence electrons. The Bertz CT molecular complexity index is 741. The molecule has 2 rings (SSSR count). The molecule has 0 radical (unpaired) electrons. The fourth-order valence-corrected chi connectivity index (χ4v) is 2.37. The first kappa shape index (κ1) is 20.1. The third-order valence-corrected chi connectivity index (χ3v) is 3.88. The Morgan fingerprint density at radius 3 is 1.74 bits per heavy atom. The van der Waals surface area contributed by atoms with Gasteiger partial charge in [-0.2, -0.15) is 10.2 Å². The average molecular weight is 369 g/mol. The minimum atomic E-state index is -0.300. The second-order valence-electron chi connectivity index (χ2n) is 5.69. The van der Waals surface area contributed by atoms with Gasteiger partial charge in [0.25, 0.3) is 0 Å². The van der Waals surface area contributed by atoms with E-state index in [1.54, 1.807) is 0 Å². The third-order valence-electron chi connectivity index (χ3n) is 3.88. The topological polar surface area (TPSA) is 80.6 Å². The molecule has 0 aromatic heterocycles. The van der Waals surface area contributed by atoms with Gasteiger partial charge in [0.2, 0.25) is 0 Å². The molecule has 0 spiro atoms. The van der Waals surface area contributed by atoms with Gasteiger partial charge in [0.05, 0.1) is 38.4 Å². The number of azo groups is 1. The predicted octanol–water partition coefficient (Wildman–Crippen LogP) is 4.03. The Kier molecular flexibility index (Phi) is 7.96. The molecule has 0 atom stereocenters. The molecule has 7 heteroatoms. The van der Waals surface area contributed by atoms with E-state index >= 15 is 0 Å². The summed E-state index contributed by atoms with van der Waals surface area (Å²) in [7, 11) is 2.71. The number of rotatable bonds is 9. The van der Waals surface area contributed by atoms with Crippen molar-refractivity contribution in [2.45, 2.75) is 12.8 Å². The molecule has 0 aliphatic carbocycles. The lowest BCUT2D eigenvalue weighted by molar-refractivity contribution is -0.140. The summed E-state index contributed by atoms with van der Waals surface area (Å²) in [6.07, 6.45) is 0.459. The summed E-state index contributed by atoms with van der Waals surface area (Å²) in [5, 5.41) is 8.39. The van der Waals surface area contributed by atoms with Crippen molar-refractivity contribution in [1.29, 1.82) is 0 Å². The average Bonchev–Trinajstić information content (AvgIpc) is 2.73. The van der Waals surface area contributed by atoms with Gasteiger partial charge in [-0.15, -0.1) is 0 Å². The van der Waals surface area contributed by atoms with Crippen LogP contribution in [0.5, 0.6) is 0 Å². The molecule has 0 amide bonds. The summed E-state index contributed by atoms with van der Waals surface area (Å²) < 4.78 is 9.38. The van der Waals surface area contributed by atoms with Crippen LogP contribution in [0.25, 0.3) is 0 Å². The highest BCUT2D eigenvalue weighted by Gasteiger charge is 2.12. The summed E-state index contributed by atoms with van der Waals surface area (Å²) in [5.41, 5.74) is 2.37. The minimum Gasteiger partial charge on any atom is -0.469 e. The smallest absolute Gasteiger partial charge is 0.307 e. The number of methoxy groups -OCH3 is 2. The SMILES string of the molecule is COC(=O)CCN(CCC(=O)OC)c1ccc(N=Nc2ccccc2)cc1. The number of hydrogen-bond acceptors (Lipinski definition) is 7. The Balaban J connectivity index is 2.06. The monoisotopic (exact) mass is 369 g/mol. The number of ether oxygens (including phenoxy) is 2. The van der Waals surface area contributed by atoms with Gasteiger partial charge < -0.3 is 14.4 Å². The Hall–Kier alpha value is -3.22. The predicted molar refractivity (Wildman–Crippen MR) is 103 cm³/mol. The molecule has 0 aliphatic heterocycles. The molecule has 27 heavy (non-hydrogen) atoms. The number of nitrogens with zero attached hydrogens (tertiary/aromatic N) is 3. The first-order chi connectivity index (χ1) is 13.1. The highest BCUT2D eigenvalue weighted by Crippen LogP contribution is 2.22. The molecular formula is C20H23N3O4. The van der Waals surface area contributed by atoms with Crippen molar-refractivity contribution in [2.24, 2.45) is 10.2 Å². The van der Waals surface area contributed by atoms with E-state index in [2.05, 4.69) is 10.2 Å². The van der Waals surface area contributed by atoms with E-state index in [0.717, 1.165) is 11.4 Å². The van der Waals surface area contributed by atoms with Crippen LogP contribution in [-0.2, 0) is 19.1 Å². The summed E-state index contributed by atoms with van der Waals surface area (Å²) >= 11 is 0. The van der Waals surface area contributed by atoms with Crippen LogP contribution in [-0.4, -0.2) is 39.2 Å². The highest BCUT2D eigenvalue weighted by molar-refractivity contribution is 5.71. The van der Waals surface area contributed by atoms with Gasteiger partial charge in [-0.05, 0) is 36.4 Å². The molecule has 2 aromatic rings. The molecule has 7 nitrogen and oxygen atoms in total. The molecule has 2 aromatic carbocycles. The van der Waals surface area contributed by atoms with E-state index in [0.29, 0.717) is 18.8 Å². The molecular weight excluding hydrogens is 346 g/mol. The van der Waals surface area contributed by atoms with E-state index in [1.165, 1.54) is 14.2 Å². The normalized spacial score (nSPS) is 10.6. The van der Waals surface area contributed by atoms with Crippen LogP contribution < -0.4 is 4.90 Å².